The Kier molecular flexibility index (Phi) is 5.12. The third-order valence-electron chi connectivity index (χ3n) is 2.83. The van der Waals surface area contributed by atoms with Crippen LogP contribution in [0.25, 0.3) is 0 Å². The third kappa shape index (κ3) is 5.88. The number of halogens is 3. The van der Waals surface area contributed by atoms with Crippen molar-refractivity contribution in [3.05, 3.63) is 0 Å². The van der Waals surface area contributed by atoms with Crippen LogP contribution in [0, 0.1) is 5.92 Å². The number of likely N-dealkylation sites (tertiary alicyclic amines) is 1. The summed E-state index contributed by atoms with van der Waals surface area (Å²) in [6.45, 7) is -1.48. The van der Waals surface area contributed by atoms with Crippen molar-refractivity contribution in [2.45, 2.75) is 18.6 Å². The summed E-state index contributed by atoms with van der Waals surface area (Å²) in [5.74, 6) is -3.13. The predicted octanol–water partition coefficient (Wildman–Crippen LogP) is -0.00200. The minimum atomic E-state index is -4.38. The van der Waals surface area contributed by atoms with E-state index in [1.807, 2.05) is 0 Å². The summed E-state index contributed by atoms with van der Waals surface area (Å²) in [4.78, 5) is 22.8. The number of hydrogen-bond donors (Lipinski definition) is 3. The Labute approximate surface area is 107 Å². The van der Waals surface area contributed by atoms with Gasteiger partial charge in [-0.2, -0.15) is 13.2 Å². The molecule has 0 aromatic heterocycles. The monoisotopic (exact) mass is 284 g/mol. The summed E-state index contributed by atoms with van der Waals surface area (Å²) in [6, 6.07) is -0.684. The van der Waals surface area contributed by atoms with Gasteiger partial charge in [0.05, 0.1) is 19.0 Å². The average Bonchev–Trinajstić information content (AvgIpc) is 2.24. The van der Waals surface area contributed by atoms with E-state index in [1.165, 1.54) is 4.90 Å². The maximum Gasteiger partial charge on any atom is 0.401 e. The molecule has 9 heteroatoms. The van der Waals surface area contributed by atoms with Gasteiger partial charge in [0.15, 0.2) is 0 Å². The first kappa shape index (κ1) is 15.7. The highest BCUT2D eigenvalue weighted by atomic mass is 19.4. The zero-order valence-corrected chi connectivity index (χ0v) is 9.98. The molecule has 2 atom stereocenters. The smallest absolute Gasteiger partial charge is 0.401 e. The van der Waals surface area contributed by atoms with Crippen molar-refractivity contribution in [2.24, 2.45) is 5.92 Å². The van der Waals surface area contributed by atoms with Crippen molar-refractivity contribution in [1.29, 1.82) is 0 Å². The summed E-state index contributed by atoms with van der Waals surface area (Å²) in [7, 11) is 0. The lowest BCUT2D eigenvalue weighted by Crippen LogP contribution is -2.53. The lowest BCUT2D eigenvalue weighted by molar-refractivity contribution is -0.147. The number of nitrogens with zero attached hydrogens (tertiary/aromatic N) is 1. The van der Waals surface area contributed by atoms with Crippen molar-refractivity contribution in [3.63, 3.8) is 0 Å². The van der Waals surface area contributed by atoms with Crippen LogP contribution in [0.1, 0.15) is 6.42 Å². The molecular formula is C10H15F3N2O4. The van der Waals surface area contributed by atoms with Gasteiger partial charge < -0.3 is 15.5 Å². The van der Waals surface area contributed by atoms with Gasteiger partial charge in [0.1, 0.15) is 0 Å². The van der Waals surface area contributed by atoms with Gasteiger partial charge in [-0.1, -0.05) is 0 Å². The SMILES string of the molecule is O=C(O)CN1CC(NCC(F)(F)F)CC(C(=O)O)C1. The summed E-state index contributed by atoms with van der Waals surface area (Å²) in [5, 5.41) is 19.8. The van der Waals surface area contributed by atoms with Crippen molar-refractivity contribution in [3.8, 4) is 0 Å². The number of carboxylic acid groups (broad SMARTS) is 2. The number of hydrogen-bond acceptors (Lipinski definition) is 4. The van der Waals surface area contributed by atoms with Crippen molar-refractivity contribution in [1.82, 2.24) is 10.2 Å². The summed E-state index contributed by atoms with van der Waals surface area (Å²) < 4.78 is 36.3. The van der Waals surface area contributed by atoms with E-state index in [-0.39, 0.29) is 26.1 Å². The Morgan fingerprint density at radius 2 is 1.89 bits per heavy atom. The average molecular weight is 284 g/mol. The van der Waals surface area contributed by atoms with Crippen LogP contribution in [-0.2, 0) is 9.59 Å². The van der Waals surface area contributed by atoms with Crippen LogP contribution in [0.3, 0.4) is 0 Å². The molecule has 0 aromatic carbocycles. The Balaban J connectivity index is 2.59. The van der Waals surface area contributed by atoms with Gasteiger partial charge >= 0.3 is 18.1 Å². The van der Waals surface area contributed by atoms with E-state index in [2.05, 4.69) is 5.32 Å². The Bertz CT molecular complexity index is 348. The normalized spacial score (nSPS) is 25.2. The fourth-order valence-electron chi connectivity index (χ4n) is 2.10. The number of rotatable bonds is 5. The molecule has 2 unspecified atom stereocenters. The molecule has 1 fully saturated rings. The van der Waals surface area contributed by atoms with Crippen molar-refractivity contribution >= 4 is 11.9 Å². The molecule has 6 nitrogen and oxygen atoms in total. The third-order valence-corrected chi connectivity index (χ3v) is 2.83. The number of carboxylic acids is 2. The number of alkyl halides is 3. The summed E-state index contributed by atoms with van der Waals surface area (Å²) in [5.41, 5.74) is 0. The van der Waals surface area contributed by atoms with Crippen LogP contribution in [0.5, 0.6) is 0 Å². The quantitative estimate of drug-likeness (QED) is 0.658. The minimum absolute atomic E-state index is 0.0336. The van der Waals surface area contributed by atoms with E-state index in [0.29, 0.717) is 0 Å². The maximum atomic E-state index is 12.1. The van der Waals surface area contributed by atoms with E-state index in [4.69, 9.17) is 10.2 Å². The van der Waals surface area contributed by atoms with E-state index in [1.54, 1.807) is 0 Å². The highest BCUT2D eigenvalue weighted by Gasteiger charge is 2.34. The molecule has 1 aliphatic rings. The second-order valence-electron chi connectivity index (χ2n) is 4.55. The van der Waals surface area contributed by atoms with Gasteiger partial charge in [-0.25, -0.2) is 0 Å². The van der Waals surface area contributed by atoms with E-state index in [9.17, 15) is 22.8 Å². The maximum absolute atomic E-state index is 12.1. The zero-order chi connectivity index (χ0) is 14.6. The van der Waals surface area contributed by atoms with E-state index in [0.717, 1.165) is 0 Å². The standard InChI is InChI=1S/C10H15F3N2O4/c11-10(12,13)5-14-7-1-6(9(18)19)2-15(3-7)4-8(16)17/h6-7,14H,1-5H2,(H,16,17)(H,18,19). The van der Waals surface area contributed by atoms with Crippen LogP contribution in [0.4, 0.5) is 13.2 Å². The molecule has 3 N–H and O–H groups in total. The molecule has 0 bridgehead atoms. The Hall–Kier alpha value is -1.35. The molecule has 19 heavy (non-hydrogen) atoms. The number of carbonyl (C=O) groups is 2. The molecule has 1 rings (SSSR count). The van der Waals surface area contributed by atoms with Crippen molar-refractivity contribution in [2.75, 3.05) is 26.2 Å². The first-order chi connectivity index (χ1) is 8.67. The molecule has 1 saturated heterocycles. The molecule has 1 heterocycles. The largest absolute Gasteiger partial charge is 0.481 e. The van der Waals surface area contributed by atoms with Crippen LogP contribution in [0.2, 0.25) is 0 Å². The van der Waals surface area contributed by atoms with Gasteiger partial charge in [-0.05, 0) is 6.42 Å². The molecule has 0 aliphatic carbocycles. The molecule has 0 aromatic rings. The highest BCUT2D eigenvalue weighted by Crippen LogP contribution is 2.19. The van der Waals surface area contributed by atoms with Gasteiger partial charge in [-0.3, -0.25) is 14.5 Å². The minimum Gasteiger partial charge on any atom is -0.481 e. The zero-order valence-electron chi connectivity index (χ0n) is 9.98. The van der Waals surface area contributed by atoms with Crippen LogP contribution < -0.4 is 5.32 Å². The summed E-state index contributed by atoms with van der Waals surface area (Å²) in [6.07, 6.45) is -4.32. The Morgan fingerprint density at radius 1 is 1.26 bits per heavy atom. The van der Waals surface area contributed by atoms with Crippen LogP contribution >= 0.6 is 0 Å². The van der Waals surface area contributed by atoms with Gasteiger partial charge in [0, 0.05) is 19.1 Å². The first-order valence-electron chi connectivity index (χ1n) is 5.64. The molecule has 1 aliphatic heterocycles. The number of nitrogens with one attached hydrogen (secondary N) is 1. The van der Waals surface area contributed by atoms with Crippen molar-refractivity contribution < 1.29 is 33.0 Å². The van der Waals surface area contributed by atoms with Gasteiger partial charge in [0.25, 0.3) is 0 Å². The topological polar surface area (TPSA) is 89.9 Å². The lowest BCUT2D eigenvalue weighted by Gasteiger charge is -2.35. The summed E-state index contributed by atoms with van der Waals surface area (Å²) >= 11 is 0. The van der Waals surface area contributed by atoms with E-state index < -0.39 is 36.6 Å². The predicted molar refractivity (Wildman–Crippen MR) is 57.7 cm³/mol. The Morgan fingerprint density at radius 3 is 2.37 bits per heavy atom. The van der Waals surface area contributed by atoms with Crippen LogP contribution in [0.15, 0.2) is 0 Å². The first-order valence-corrected chi connectivity index (χ1v) is 5.64. The molecule has 0 amide bonds. The second-order valence-corrected chi connectivity index (χ2v) is 4.55. The number of piperidine rings is 1. The highest BCUT2D eigenvalue weighted by molar-refractivity contribution is 5.71. The molecule has 0 radical (unpaired) electrons. The van der Waals surface area contributed by atoms with Crippen LogP contribution in [-0.4, -0.2) is 65.4 Å². The van der Waals surface area contributed by atoms with E-state index >= 15 is 0 Å². The fraction of sp³-hybridized carbons (Fsp3) is 0.800. The molecule has 0 spiro atoms. The number of aliphatic carboxylic acids is 2. The van der Waals surface area contributed by atoms with Gasteiger partial charge in [0.2, 0.25) is 0 Å². The fourth-order valence-corrected chi connectivity index (χ4v) is 2.10. The second kappa shape index (κ2) is 6.20. The molecular weight excluding hydrogens is 269 g/mol. The molecule has 110 valence electrons. The lowest BCUT2D eigenvalue weighted by atomic mass is 9.94. The van der Waals surface area contributed by atoms with Gasteiger partial charge in [-0.15, -0.1) is 0 Å². The molecule has 0 saturated carbocycles.